The number of nitrogens with two attached hydrogens (primary N) is 1. The maximum absolute atomic E-state index is 11.0. The van der Waals surface area contributed by atoms with Crippen molar-refractivity contribution in [2.75, 3.05) is 0 Å². The normalized spacial score (nSPS) is 11.8. The highest BCUT2D eigenvalue weighted by Crippen LogP contribution is 2.38. The minimum absolute atomic E-state index is 0.0834. The highest BCUT2D eigenvalue weighted by molar-refractivity contribution is 9.10. The number of hydrogen-bond acceptors (Lipinski definition) is 5. The van der Waals surface area contributed by atoms with Gasteiger partial charge in [0.25, 0.3) is 0 Å². The molecule has 1 rings (SSSR count). The van der Waals surface area contributed by atoms with Crippen LogP contribution in [0, 0.1) is 10.1 Å². The van der Waals surface area contributed by atoms with Gasteiger partial charge in [0.1, 0.15) is 0 Å². The van der Waals surface area contributed by atoms with Gasteiger partial charge < -0.3 is 4.74 Å². The van der Waals surface area contributed by atoms with Crippen molar-refractivity contribution in [2.24, 2.45) is 5.84 Å². The number of hydrazine groups is 1. The number of carbonyl (C=O) groups is 1. The Bertz CT molecular complexity index is 527. The molecule has 0 saturated heterocycles. The molecule has 0 bridgehead atoms. The van der Waals surface area contributed by atoms with E-state index in [1.807, 2.05) is 5.43 Å². The quantitative estimate of drug-likeness (QED) is 0.348. The molecule has 1 atom stereocenters. The third-order valence-electron chi connectivity index (χ3n) is 2.44. The number of ether oxygens (including phenoxy) is 1. The van der Waals surface area contributed by atoms with Gasteiger partial charge in [-0.25, -0.2) is 5.84 Å². The lowest BCUT2D eigenvalue weighted by Gasteiger charge is -2.15. The van der Waals surface area contributed by atoms with Gasteiger partial charge in [-0.15, -0.1) is 0 Å². The second kappa shape index (κ2) is 7.41. The van der Waals surface area contributed by atoms with Crippen molar-refractivity contribution in [2.45, 2.75) is 25.9 Å². The van der Waals surface area contributed by atoms with Crippen molar-refractivity contribution in [1.82, 2.24) is 5.43 Å². The van der Waals surface area contributed by atoms with Gasteiger partial charge in [-0.3, -0.25) is 20.3 Å². The predicted molar refractivity (Wildman–Crippen MR) is 77.5 cm³/mol. The second-order valence-corrected chi connectivity index (χ2v) is 5.32. The van der Waals surface area contributed by atoms with E-state index in [4.69, 9.17) is 22.2 Å². The summed E-state index contributed by atoms with van der Waals surface area (Å²) in [6, 6.07) is 2.71. The number of halogens is 2. The molecule has 1 unspecified atom stereocenters. The van der Waals surface area contributed by atoms with Gasteiger partial charge in [0.2, 0.25) is 11.7 Å². The number of amides is 1. The van der Waals surface area contributed by atoms with Crippen LogP contribution in [0.2, 0.25) is 5.02 Å². The largest absolute Gasteiger partial charge is 0.483 e. The maximum Gasteiger partial charge on any atom is 0.313 e. The third kappa shape index (κ3) is 4.62. The van der Waals surface area contributed by atoms with Gasteiger partial charge in [0.15, 0.2) is 0 Å². The summed E-state index contributed by atoms with van der Waals surface area (Å²) in [5.41, 5.74) is 1.77. The maximum atomic E-state index is 11.0. The van der Waals surface area contributed by atoms with Crippen molar-refractivity contribution >= 4 is 39.1 Å². The number of nitro benzene ring substituents is 1. The minimum atomic E-state index is -0.578. The summed E-state index contributed by atoms with van der Waals surface area (Å²) in [6.07, 6.45) is 0.134. The molecule has 0 aliphatic heterocycles. The lowest BCUT2D eigenvalue weighted by Crippen LogP contribution is -2.30. The summed E-state index contributed by atoms with van der Waals surface area (Å²) >= 11 is 8.94. The Kier molecular flexibility index (Phi) is 6.18. The zero-order valence-electron chi connectivity index (χ0n) is 10.6. The molecule has 1 aromatic carbocycles. The smallest absolute Gasteiger partial charge is 0.313 e. The van der Waals surface area contributed by atoms with Crippen LogP contribution in [0.4, 0.5) is 5.69 Å². The lowest BCUT2D eigenvalue weighted by atomic mass is 10.2. The number of benzene rings is 1. The van der Waals surface area contributed by atoms with Crippen LogP contribution in [0.25, 0.3) is 0 Å². The topological polar surface area (TPSA) is 107 Å². The van der Waals surface area contributed by atoms with E-state index in [2.05, 4.69) is 15.9 Å². The molecular formula is C11H13BrClN3O4. The molecule has 0 fully saturated rings. The van der Waals surface area contributed by atoms with E-state index >= 15 is 0 Å². The highest BCUT2D eigenvalue weighted by atomic mass is 79.9. The molecule has 1 aromatic rings. The summed E-state index contributed by atoms with van der Waals surface area (Å²) in [4.78, 5) is 21.4. The Balaban J connectivity index is 2.86. The minimum Gasteiger partial charge on any atom is -0.483 e. The van der Waals surface area contributed by atoms with E-state index in [1.54, 1.807) is 6.92 Å². The van der Waals surface area contributed by atoms with Crippen molar-refractivity contribution in [3.05, 3.63) is 31.7 Å². The Labute approximate surface area is 128 Å². The lowest BCUT2D eigenvalue weighted by molar-refractivity contribution is -0.386. The molecule has 20 heavy (non-hydrogen) atoms. The van der Waals surface area contributed by atoms with Crippen LogP contribution in [0.1, 0.15) is 19.8 Å². The average molecular weight is 367 g/mol. The molecule has 0 heterocycles. The molecule has 0 spiro atoms. The van der Waals surface area contributed by atoms with Crippen LogP contribution in [0.3, 0.4) is 0 Å². The molecule has 0 saturated carbocycles. The first kappa shape index (κ1) is 16.7. The van der Waals surface area contributed by atoms with Crippen molar-refractivity contribution in [1.29, 1.82) is 0 Å². The van der Waals surface area contributed by atoms with E-state index < -0.39 is 11.0 Å². The molecule has 0 radical (unpaired) electrons. The molecule has 0 aliphatic rings. The first-order chi connectivity index (χ1) is 9.35. The van der Waals surface area contributed by atoms with E-state index in [0.29, 0.717) is 10.9 Å². The molecule has 0 aliphatic carbocycles. The van der Waals surface area contributed by atoms with E-state index in [0.717, 1.165) is 0 Å². The van der Waals surface area contributed by atoms with Gasteiger partial charge in [-0.2, -0.15) is 0 Å². The highest BCUT2D eigenvalue weighted by Gasteiger charge is 2.22. The zero-order valence-corrected chi connectivity index (χ0v) is 12.9. The van der Waals surface area contributed by atoms with Crippen LogP contribution in [-0.2, 0) is 4.79 Å². The number of nitrogens with one attached hydrogen (secondary N) is 1. The monoisotopic (exact) mass is 365 g/mol. The third-order valence-corrected chi connectivity index (χ3v) is 3.25. The Morgan fingerprint density at radius 2 is 2.30 bits per heavy atom. The van der Waals surface area contributed by atoms with E-state index in [9.17, 15) is 14.9 Å². The van der Waals surface area contributed by atoms with E-state index in [-0.39, 0.29) is 28.8 Å². The fraction of sp³-hybridized carbons (Fsp3) is 0.364. The summed E-state index contributed by atoms with van der Waals surface area (Å²) in [5, 5.41) is 11.2. The first-order valence-corrected chi connectivity index (χ1v) is 6.81. The fourth-order valence-corrected chi connectivity index (χ4v) is 2.35. The van der Waals surface area contributed by atoms with Gasteiger partial charge in [-0.05, 0) is 35.3 Å². The number of nitro groups is 1. The molecular weight excluding hydrogens is 353 g/mol. The summed E-state index contributed by atoms with van der Waals surface area (Å²) in [6.45, 7) is 1.70. The van der Waals surface area contributed by atoms with Crippen LogP contribution in [-0.4, -0.2) is 16.9 Å². The van der Waals surface area contributed by atoms with Crippen LogP contribution >= 0.6 is 27.5 Å². The molecule has 0 aromatic heterocycles. The van der Waals surface area contributed by atoms with Crippen molar-refractivity contribution in [3.63, 3.8) is 0 Å². The number of carbonyl (C=O) groups excluding carboxylic acids is 1. The number of hydrogen-bond donors (Lipinski definition) is 2. The van der Waals surface area contributed by atoms with Gasteiger partial charge in [0.05, 0.1) is 15.5 Å². The van der Waals surface area contributed by atoms with E-state index in [1.165, 1.54) is 12.1 Å². The summed E-state index contributed by atoms with van der Waals surface area (Å²) < 4.78 is 5.90. The average Bonchev–Trinajstić information content (AvgIpc) is 2.38. The second-order valence-electron chi connectivity index (χ2n) is 4.03. The van der Waals surface area contributed by atoms with Crippen molar-refractivity contribution in [3.8, 4) is 5.75 Å². The Morgan fingerprint density at radius 1 is 1.65 bits per heavy atom. The molecule has 110 valence electrons. The Hall–Kier alpha value is -1.38. The van der Waals surface area contributed by atoms with Crippen LogP contribution in [0.15, 0.2) is 16.6 Å². The molecule has 7 nitrogen and oxygen atoms in total. The van der Waals surface area contributed by atoms with Gasteiger partial charge >= 0.3 is 5.69 Å². The standard InChI is InChI=1S/C11H13BrClN3O4/c1-6(2-3-10(17)15-14)20-11-8(12)4-7(13)5-9(11)16(18)19/h4-6H,2-3,14H2,1H3,(H,15,17). The molecule has 3 N–H and O–H groups in total. The van der Waals surface area contributed by atoms with Crippen LogP contribution in [0.5, 0.6) is 5.75 Å². The molecule has 1 amide bonds. The number of rotatable bonds is 6. The number of nitrogens with zero attached hydrogens (tertiary/aromatic N) is 1. The summed E-state index contributed by atoms with van der Waals surface area (Å²) in [5.74, 6) is 4.72. The zero-order chi connectivity index (χ0) is 15.3. The van der Waals surface area contributed by atoms with Gasteiger partial charge in [-0.1, -0.05) is 11.6 Å². The van der Waals surface area contributed by atoms with Gasteiger partial charge in [0, 0.05) is 17.5 Å². The molecule has 9 heteroatoms. The summed E-state index contributed by atoms with van der Waals surface area (Å²) in [7, 11) is 0. The van der Waals surface area contributed by atoms with Crippen molar-refractivity contribution < 1.29 is 14.5 Å². The Morgan fingerprint density at radius 3 is 2.85 bits per heavy atom. The predicted octanol–water partition coefficient (Wildman–Crippen LogP) is 2.55. The fourth-order valence-electron chi connectivity index (χ4n) is 1.47. The van der Waals surface area contributed by atoms with Crippen LogP contribution < -0.4 is 16.0 Å². The SMILES string of the molecule is CC(CCC(=O)NN)Oc1c(Br)cc(Cl)cc1[N+](=O)[O-]. The first-order valence-electron chi connectivity index (χ1n) is 5.64.